The van der Waals surface area contributed by atoms with E-state index in [1.54, 1.807) is 0 Å². The molecule has 3 aliphatic carbocycles. The molecule has 3 aliphatic rings. The summed E-state index contributed by atoms with van der Waals surface area (Å²) in [5.74, 6) is 1.70. The molecule has 0 aliphatic heterocycles. The highest BCUT2D eigenvalue weighted by molar-refractivity contribution is 5.75. The summed E-state index contributed by atoms with van der Waals surface area (Å²) in [4.78, 5) is 10.7. The first kappa shape index (κ1) is 5.81. The molecule has 2 saturated carbocycles. The van der Waals surface area contributed by atoms with Gasteiger partial charge in [0.25, 0.3) is 0 Å². The highest BCUT2D eigenvalue weighted by atomic mass is 16.4. The van der Waals surface area contributed by atoms with Crippen molar-refractivity contribution < 1.29 is 9.90 Å². The quantitative estimate of drug-likeness (QED) is 0.569. The van der Waals surface area contributed by atoms with Gasteiger partial charge in [-0.1, -0.05) is 12.2 Å². The fraction of sp³-hybridized carbons (Fsp3) is 0.667. The number of fused-ring (bicyclic) bond motifs is 5. The predicted octanol–water partition coefficient (Wildman–Crippen LogP) is 1.14. The van der Waals surface area contributed by atoms with Gasteiger partial charge >= 0.3 is 5.97 Å². The Morgan fingerprint density at radius 3 is 2.27 bits per heavy atom. The Hall–Kier alpha value is -0.790. The van der Waals surface area contributed by atoms with E-state index < -0.39 is 5.97 Å². The average Bonchev–Trinajstić information content (AvgIpc) is 2.44. The standard InChI is InChI=1S/C9H10O2/c10-9(11)8-6-4-1-2-5(3-4)7(6)8/h1-2,4-8H,3H2,(H,10,11)/t4-,5+,6+,7-,8?. The van der Waals surface area contributed by atoms with E-state index in [0.29, 0.717) is 23.7 Å². The molecule has 0 spiro atoms. The summed E-state index contributed by atoms with van der Waals surface area (Å²) in [5.41, 5.74) is 0. The van der Waals surface area contributed by atoms with Crippen LogP contribution in [0.5, 0.6) is 0 Å². The second-order valence-corrected chi connectivity index (χ2v) is 3.97. The average molecular weight is 150 g/mol. The minimum atomic E-state index is -0.571. The van der Waals surface area contributed by atoms with Crippen LogP contribution in [0.25, 0.3) is 0 Å². The Morgan fingerprint density at radius 1 is 1.27 bits per heavy atom. The Balaban J connectivity index is 1.90. The molecule has 0 radical (unpaired) electrons. The molecule has 0 heterocycles. The molecule has 3 rings (SSSR count). The van der Waals surface area contributed by atoms with Gasteiger partial charge in [0.05, 0.1) is 5.92 Å². The van der Waals surface area contributed by atoms with Crippen molar-refractivity contribution in [2.24, 2.45) is 29.6 Å². The van der Waals surface area contributed by atoms with Crippen LogP contribution in [0.2, 0.25) is 0 Å². The summed E-state index contributed by atoms with van der Waals surface area (Å²) < 4.78 is 0. The Bertz CT molecular complexity index is 238. The zero-order chi connectivity index (χ0) is 7.59. The smallest absolute Gasteiger partial charge is 0.307 e. The Labute approximate surface area is 64.9 Å². The number of aliphatic carboxylic acids is 1. The van der Waals surface area contributed by atoms with Crippen molar-refractivity contribution in [3.63, 3.8) is 0 Å². The molecule has 1 unspecified atom stereocenters. The maximum atomic E-state index is 10.7. The monoisotopic (exact) mass is 150 g/mol. The minimum Gasteiger partial charge on any atom is -0.481 e. The van der Waals surface area contributed by atoms with Gasteiger partial charge in [-0.05, 0) is 30.1 Å². The molecule has 58 valence electrons. The maximum Gasteiger partial charge on any atom is 0.307 e. The van der Waals surface area contributed by atoms with E-state index in [9.17, 15) is 4.79 Å². The normalized spacial score (nSPS) is 56.2. The van der Waals surface area contributed by atoms with E-state index in [4.69, 9.17) is 5.11 Å². The molecule has 0 aromatic heterocycles. The van der Waals surface area contributed by atoms with Crippen LogP contribution in [-0.4, -0.2) is 11.1 Å². The van der Waals surface area contributed by atoms with E-state index in [1.807, 2.05) is 0 Å². The number of carbonyl (C=O) groups is 1. The number of hydrogen-bond acceptors (Lipinski definition) is 1. The van der Waals surface area contributed by atoms with Gasteiger partial charge in [0, 0.05) is 0 Å². The van der Waals surface area contributed by atoms with Gasteiger partial charge in [0.2, 0.25) is 0 Å². The number of allylic oxidation sites excluding steroid dienone is 2. The first-order valence-corrected chi connectivity index (χ1v) is 4.20. The number of carboxylic acids is 1. The molecule has 2 bridgehead atoms. The maximum absolute atomic E-state index is 10.7. The lowest BCUT2D eigenvalue weighted by molar-refractivity contribution is -0.139. The van der Waals surface area contributed by atoms with Gasteiger partial charge in [-0.2, -0.15) is 0 Å². The molecular formula is C9H10O2. The van der Waals surface area contributed by atoms with Crippen molar-refractivity contribution in [3.05, 3.63) is 12.2 Å². The lowest BCUT2D eigenvalue weighted by atomic mass is 10.0. The molecule has 0 amide bonds. The fourth-order valence-electron chi connectivity index (χ4n) is 3.12. The third-order valence-corrected chi connectivity index (χ3v) is 3.56. The van der Waals surface area contributed by atoms with E-state index in [2.05, 4.69) is 12.2 Å². The highest BCUT2D eigenvalue weighted by Gasteiger charge is 2.66. The Kier molecular flexibility index (Phi) is 0.803. The van der Waals surface area contributed by atoms with Gasteiger partial charge in [-0.25, -0.2) is 0 Å². The van der Waals surface area contributed by atoms with E-state index in [-0.39, 0.29) is 5.92 Å². The summed E-state index contributed by atoms with van der Waals surface area (Å²) >= 11 is 0. The molecule has 2 heteroatoms. The van der Waals surface area contributed by atoms with Gasteiger partial charge in [-0.3, -0.25) is 4.79 Å². The summed E-state index contributed by atoms with van der Waals surface area (Å²) in [6, 6.07) is 0. The summed E-state index contributed by atoms with van der Waals surface area (Å²) in [5, 5.41) is 8.79. The fourth-order valence-corrected chi connectivity index (χ4v) is 3.12. The van der Waals surface area contributed by atoms with Crippen molar-refractivity contribution >= 4 is 5.97 Å². The van der Waals surface area contributed by atoms with Crippen molar-refractivity contribution in [2.45, 2.75) is 6.42 Å². The second kappa shape index (κ2) is 1.52. The first-order chi connectivity index (χ1) is 5.29. The number of carboxylic acid groups (broad SMARTS) is 1. The molecule has 0 aromatic rings. The summed E-state index contributed by atoms with van der Waals surface area (Å²) in [6.45, 7) is 0. The van der Waals surface area contributed by atoms with Crippen LogP contribution in [0.3, 0.4) is 0 Å². The van der Waals surface area contributed by atoms with Crippen LogP contribution in [0.15, 0.2) is 12.2 Å². The van der Waals surface area contributed by atoms with Gasteiger partial charge in [0.1, 0.15) is 0 Å². The summed E-state index contributed by atoms with van der Waals surface area (Å²) in [6.07, 6.45) is 5.67. The molecule has 0 aromatic carbocycles. The molecule has 5 atom stereocenters. The lowest BCUT2D eigenvalue weighted by Crippen LogP contribution is -2.08. The van der Waals surface area contributed by atoms with Crippen molar-refractivity contribution in [3.8, 4) is 0 Å². The van der Waals surface area contributed by atoms with Crippen LogP contribution in [0, 0.1) is 29.6 Å². The van der Waals surface area contributed by atoms with Crippen LogP contribution in [0.4, 0.5) is 0 Å². The van der Waals surface area contributed by atoms with E-state index in [0.717, 1.165) is 0 Å². The van der Waals surface area contributed by atoms with Crippen LogP contribution in [-0.2, 0) is 4.79 Å². The third kappa shape index (κ3) is 0.525. The number of rotatable bonds is 1. The van der Waals surface area contributed by atoms with Gasteiger partial charge in [0.15, 0.2) is 0 Å². The zero-order valence-electron chi connectivity index (χ0n) is 6.10. The molecule has 0 saturated heterocycles. The molecular weight excluding hydrogens is 140 g/mol. The third-order valence-electron chi connectivity index (χ3n) is 3.56. The summed E-state index contributed by atoms with van der Waals surface area (Å²) in [7, 11) is 0. The first-order valence-electron chi connectivity index (χ1n) is 4.20. The van der Waals surface area contributed by atoms with Crippen LogP contribution >= 0.6 is 0 Å². The molecule has 11 heavy (non-hydrogen) atoms. The predicted molar refractivity (Wildman–Crippen MR) is 38.8 cm³/mol. The topological polar surface area (TPSA) is 37.3 Å². The van der Waals surface area contributed by atoms with Crippen molar-refractivity contribution in [1.82, 2.24) is 0 Å². The van der Waals surface area contributed by atoms with Crippen LogP contribution < -0.4 is 0 Å². The minimum absolute atomic E-state index is 0.00810. The SMILES string of the molecule is O=C(O)C1[C@@H]2[C@H]1[C@H]1C=C[C@@H]2C1. The van der Waals surface area contributed by atoms with Crippen molar-refractivity contribution in [1.29, 1.82) is 0 Å². The highest BCUT2D eigenvalue weighted by Crippen LogP contribution is 2.66. The van der Waals surface area contributed by atoms with E-state index >= 15 is 0 Å². The molecule has 1 N–H and O–H groups in total. The number of hydrogen-bond donors (Lipinski definition) is 1. The lowest BCUT2D eigenvalue weighted by Gasteiger charge is -2.03. The van der Waals surface area contributed by atoms with Gasteiger partial charge in [-0.15, -0.1) is 0 Å². The largest absolute Gasteiger partial charge is 0.481 e. The van der Waals surface area contributed by atoms with E-state index in [1.165, 1.54) is 6.42 Å². The van der Waals surface area contributed by atoms with Gasteiger partial charge < -0.3 is 5.11 Å². The van der Waals surface area contributed by atoms with Crippen LogP contribution in [0.1, 0.15) is 6.42 Å². The molecule has 2 fully saturated rings. The Morgan fingerprint density at radius 2 is 1.82 bits per heavy atom. The second-order valence-electron chi connectivity index (χ2n) is 3.97. The molecule has 2 nitrogen and oxygen atoms in total. The van der Waals surface area contributed by atoms with Crippen molar-refractivity contribution in [2.75, 3.05) is 0 Å². The zero-order valence-corrected chi connectivity index (χ0v) is 6.10.